The molecule has 1 aliphatic rings. The molecule has 0 spiro atoms. The van der Waals surface area contributed by atoms with E-state index >= 15 is 0 Å². The number of amides is 1. The number of rotatable bonds is 8. The molecule has 1 saturated heterocycles. The first-order valence-electron chi connectivity index (χ1n) is 9.99. The molecule has 1 fully saturated rings. The van der Waals surface area contributed by atoms with Crippen molar-refractivity contribution in [3.8, 4) is 5.75 Å². The van der Waals surface area contributed by atoms with Gasteiger partial charge in [0.15, 0.2) is 0 Å². The third-order valence-corrected chi connectivity index (χ3v) is 6.20. The van der Waals surface area contributed by atoms with E-state index < -0.39 is 0 Å². The number of aromatic nitrogens is 1. The summed E-state index contributed by atoms with van der Waals surface area (Å²) in [6.07, 6.45) is 5.10. The Balaban J connectivity index is 1.37. The molecule has 1 aromatic heterocycles. The maximum absolute atomic E-state index is 12.5. The molecule has 0 atom stereocenters. The summed E-state index contributed by atoms with van der Waals surface area (Å²) in [5, 5.41) is 0.829. The van der Waals surface area contributed by atoms with E-state index in [1.54, 1.807) is 18.2 Å². The second-order valence-corrected chi connectivity index (χ2v) is 8.08. The van der Waals surface area contributed by atoms with E-state index in [9.17, 15) is 4.79 Å². The van der Waals surface area contributed by atoms with Crippen LogP contribution < -0.4 is 4.74 Å². The quantitative estimate of drug-likeness (QED) is 0.618. The fraction of sp³-hybridized carbons (Fsp3) is 0.455. The molecule has 2 heterocycles. The highest BCUT2D eigenvalue weighted by Gasteiger charge is 2.25. The second-order valence-electron chi connectivity index (χ2n) is 7.30. The zero-order chi connectivity index (χ0) is 20.6. The van der Waals surface area contributed by atoms with Crippen molar-refractivity contribution >= 4 is 29.1 Å². The molecule has 3 rings (SSSR count). The standard InChI is InChI=1S/C22H27Cl2N3O2/c1-26(21(28)11-16-29-20-7-4-6-19(23)22(20)24)18-9-14-27(15-10-18)13-8-17-5-2-3-12-25-17/h2-7,12,18H,8-11,13-16H2,1H3. The van der Waals surface area contributed by atoms with Crippen molar-refractivity contribution in [3.05, 3.63) is 58.3 Å². The molecule has 1 aliphatic heterocycles. The van der Waals surface area contributed by atoms with Gasteiger partial charge in [-0.25, -0.2) is 0 Å². The van der Waals surface area contributed by atoms with Crippen LogP contribution in [0.5, 0.6) is 5.75 Å². The SMILES string of the molecule is CN(C(=O)CCOc1cccc(Cl)c1Cl)C1CCN(CCc2ccccn2)CC1. The molecule has 0 saturated carbocycles. The number of hydrogen-bond donors (Lipinski definition) is 0. The number of ether oxygens (including phenoxy) is 1. The Bertz CT molecular complexity index is 796. The van der Waals surface area contributed by atoms with Gasteiger partial charge in [-0.05, 0) is 37.1 Å². The summed E-state index contributed by atoms with van der Waals surface area (Å²) in [5.41, 5.74) is 1.13. The topological polar surface area (TPSA) is 45.7 Å². The van der Waals surface area contributed by atoms with Gasteiger partial charge in [0.1, 0.15) is 10.8 Å². The lowest BCUT2D eigenvalue weighted by Crippen LogP contribution is -2.46. The lowest BCUT2D eigenvalue weighted by Gasteiger charge is -2.36. The highest BCUT2D eigenvalue weighted by atomic mass is 35.5. The number of likely N-dealkylation sites (tertiary alicyclic amines) is 1. The van der Waals surface area contributed by atoms with Gasteiger partial charge < -0.3 is 14.5 Å². The molecule has 2 aromatic rings. The molecule has 0 radical (unpaired) electrons. The van der Waals surface area contributed by atoms with Crippen LogP contribution >= 0.6 is 23.2 Å². The van der Waals surface area contributed by atoms with E-state index in [0.717, 1.165) is 44.6 Å². The number of pyridine rings is 1. The monoisotopic (exact) mass is 435 g/mol. The largest absolute Gasteiger partial charge is 0.491 e. The Morgan fingerprint density at radius 1 is 1.21 bits per heavy atom. The smallest absolute Gasteiger partial charge is 0.225 e. The highest BCUT2D eigenvalue weighted by molar-refractivity contribution is 6.42. The Morgan fingerprint density at radius 3 is 2.72 bits per heavy atom. The van der Waals surface area contributed by atoms with Crippen LogP contribution in [0.3, 0.4) is 0 Å². The highest BCUT2D eigenvalue weighted by Crippen LogP contribution is 2.31. The van der Waals surface area contributed by atoms with Crippen molar-refractivity contribution in [1.82, 2.24) is 14.8 Å². The first-order valence-corrected chi connectivity index (χ1v) is 10.7. The van der Waals surface area contributed by atoms with Crippen molar-refractivity contribution in [2.45, 2.75) is 31.7 Å². The van der Waals surface area contributed by atoms with Gasteiger partial charge in [0, 0.05) is 51.0 Å². The van der Waals surface area contributed by atoms with E-state index in [0.29, 0.717) is 22.2 Å². The Kier molecular flexibility index (Phi) is 8.16. The number of benzene rings is 1. The van der Waals surface area contributed by atoms with Crippen molar-refractivity contribution in [1.29, 1.82) is 0 Å². The number of carbonyl (C=O) groups excluding carboxylic acids is 1. The fourth-order valence-electron chi connectivity index (χ4n) is 3.57. The summed E-state index contributed by atoms with van der Waals surface area (Å²) in [4.78, 5) is 21.3. The zero-order valence-corrected chi connectivity index (χ0v) is 18.2. The van der Waals surface area contributed by atoms with E-state index in [1.165, 1.54) is 0 Å². The first kappa shape index (κ1) is 21.9. The van der Waals surface area contributed by atoms with E-state index in [2.05, 4.69) is 16.0 Å². The Morgan fingerprint density at radius 2 is 2.00 bits per heavy atom. The van der Waals surface area contributed by atoms with Gasteiger partial charge in [-0.2, -0.15) is 0 Å². The number of nitrogens with zero attached hydrogens (tertiary/aromatic N) is 3. The average molecular weight is 436 g/mol. The molecular weight excluding hydrogens is 409 g/mol. The minimum Gasteiger partial charge on any atom is -0.491 e. The average Bonchev–Trinajstić information content (AvgIpc) is 2.75. The van der Waals surface area contributed by atoms with Gasteiger partial charge in [0.25, 0.3) is 0 Å². The number of carbonyl (C=O) groups is 1. The van der Waals surface area contributed by atoms with Crippen LogP contribution in [0.4, 0.5) is 0 Å². The number of halogens is 2. The zero-order valence-electron chi connectivity index (χ0n) is 16.7. The van der Waals surface area contributed by atoms with Gasteiger partial charge >= 0.3 is 0 Å². The van der Waals surface area contributed by atoms with Crippen LogP contribution in [0, 0.1) is 0 Å². The van der Waals surface area contributed by atoms with Crippen LogP contribution in [-0.4, -0.2) is 60.0 Å². The van der Waals surface area contributed by atoms with Crippen molar-refractivity contribution < 1.29 is 9.53 Å². The van der Waals surface area contributed by atoms with Gasteiger partial charge in [0.2, 0.25) is 5.91 Å². The lowest BCUT2D eigenvalue weighted by atomic mass is 10.0. The molecule has 0 aliphatic carbocycles. The van der Waals surface area contributed by atoms with Crippen molar-refractivity contribution in [2.24, 2.45) is 0 Å². The van der Waals surface area contributed by atoms with Crippen LogP contribution in [0.25, 0.3) is 0 Å². The molecule has 0 N–H and O–H groups in total. The Labute approximate surface area is 182 Å². The van der Waals surface area contributed by atoms with Gasteiger partial charge in [-0.15, -0.1) is 0 Å². The summed E-state index contributed by atoms with van der Waals surface area (Å²) in [7, 11) is 1.89. The third kappa shape index (κ3) is 6.33. The summed E-state index contributed by atoms with van der Waals surface area (Å²) in [6, 6.07) is 11.6. The molecule has 29 heavy (non-hydrogen) atoms. The fourth-order valence-corrected chi connectivity index (χ4v) is 3.92. The van der Waals surface area contributed by atoms with E-state index in [4.69, 9.17) is 27.9 Å². The third-order valence-electron chi connectivity index (χ3n) is 5.40. The Hall–Kier alpha value is -1.82. The predicted molar refractivity (Wildman–Crippen MR) is 117 cm³/mol. The van der Waals surface area contributed by atoms with Gasteiger partial charge in [-0.3, -0.25) is 9.78 Å². The van der Waals surface area contributed by atoms with E-state index in [1.807, 2.05) is 30.3 Å². The van der Waals surface area contributed by atoms with Gasteiger partial charge in [-0.1, -0.05) is 35.3 Å². The molecular formula is C22H27Cl2N3O2. The molecule has 1 amide bonds. The molecule has 0 unspecified atom stereocenters. The predicted octanol–water partition coefficient (Wildman–Crippen LogP) is 4.32. The molecule has 5 nitrogen and oxygen atoms in total. The van der Waals surface area contributed by atoms with Crippen LogP contribution in [-0.2, 0) is 11.2 Å². The molecule has 7 heteroatoms. The van der Waals surface area contributed by atoms with Crippen LogP contribution in [0.1, 0.15) is 25.0 Å². The van der Waals surface area contributed by atoms with Crippen LogP contribution in [0.2, 0.25) is 10.0 Å². The minimum absolute atomic E-state index is 0.0927. The maximum atomic E-state index is 12.5. The van der Waals surface area contributed by atoms with Crippen LogP contribution in [0.15, 0.2) is 42.6 Å². The second kappa shape index (κ2) is 10.8. The lowest BCUT2D eigenvalue weighted by molar-refractivity contribution is -0.133. The molecule has 1 aromatic carbocycles. The maximum Gasteiger partial charge on any atom is 0.225 e. The molecule has 0 bridgehead atoms. The normalized spacial score (nSPS) is 15.3. The first-order chi connectivity index (χ1) is 14.0. The summed E-state index contributed by atoms with van der Waals surface area (Å²) >= 11 is 12.1. The summed E-state index contributed by atoms with van der Waals surface area (Å²) in [5.74, 6) is 0.603. The summed E-state index contributed by atoms with van der Waals surface area (Å²) < 4.78 is 5.64. The van der Waals surface area contributed by atoms with E-state index in [-0.39, 0.29) is 18.6 Å². The number of hydrogen-bond acceptors (Lipinski definition) is 4. The number of piperidine rings is 1. The van der Waals surface area contributed by atoms with Gasteiger partial charge in [0.05, 0.1) is 18.1 Å². The summed E-state index contributed by atoms with van der Waals surface area (Å²) in [6.45, 7) is 3.30. The van der Waals surface area contributed by atoms with Crippen molar-refractivity contribution in [2.75, 3.05) is 33.3 Å². The van der Waals surface area contributed by atoms with Crippen molar-refractivity contribution in [3.63, 3.8) is 0 Å². The molecule has 156 valence electrons. The minimum atomic E-state index is 0.0927.